The van der Waals surface area contributed by atoms with Gasteiger partial charge >= 0.3 is 12.1 Å². The van der Waals surface area contributed by atoms with E-state index in [4.69, 9.17) is 15.0 Å². The molecule has 0 N–H and O–H groups in total. The molecule has 1 saturated heterocycles. The highest BCUT2D eigenvalue weighted by molar-refractivity contribution is 5.99. The topological polar surface area (TPSA) is 125 Å². The van der Waals surface area contributed by atoms with Crippen molar-refractivity contribution in [2.75, 3.05) is 18.6 Å². The van der Waals surface area contributed by atoms with Gasteiger partial charge in [-0.25, -0.2) is 9.59 Å². The number of nitrogens with zero attached hydrogens (tertiary/aromatic N) is 5. The van der Waals surface area contributed by atoms with Gasteiger partial charge in [0.1, 0.15) is 11.6 Å². The third-order valence-corrected chi connectivity index (χ3v) is 5.46. The number of esters is 1. The number of anilines is 1. The lowest BCUT2D eigenvalue weighted by molar-refractivity contribution is -0.123. The zero-order chi connectivity index (χ0) is 25.6. The molecule has 10 heteroatoms. The van der Waals surface area contributed by atoms with Crippen molar-refractivity contribution in [1.82, 2.24) is 4.90 Å². The Bertz CT molecular complexity index is 1110. The second kappa shape index (κ2) is 10.9. The second-order valence-corrected chi connectivity index (χ2v) is 9.19. The van der Waals surface area contributed by atoms with Crippen LogP contribution in [0.25, 0.3) is 10.4 Å². The molecule has 0 unspecified atom stereocenters. The van der Waals surface area contributed by atoms with Crippen LogP contribution in [0.1, 0.15) is 43.1 Å². The quantitative estimate of drug-likeness (QED) is 0.257. The summed E-state index contributed by atoms with van der Waals surface area (Å²) < 4.78 is 10.3. The lowest BCUT2D eigenvalue weighted by Crippen LogP contribution is -2.49. The first kappa shape index (κ1) is 25.6. The Labute approximate surface area is 204 Å². The maximum Gasteiger partial charge on any atom is 0.410 e. The molecule has 0 saturated carbocycles. The predicted octanol–water partition coefficient (Wildman–Crippen LogP) is 4.69. The van der Waals surface area contributed by atoms with Gasteiger partial charge in [-0.05, 0) is 62.6 Å². The van der Waals surface area contributed by atoms with Gasteiger partial charge in [0.2, 0.25) is 5.91 Å². The van der Waals surface area contributed by atoms with E-state index >= 15 is 0 Å². The van der Waals surface area contributed by atoms with Crippen LogP contribution in [0.15, 0.2) is 59.7 Å². The summed E-state index contributed by atoms with van der Waals surface area (Å²) >= 11 is 0. The molecule has 1 aliphatic heterocycles. The fourth-order valence-corrected chi connectivity index (χ4v) is 3.86. The number of methoxy groups -OCH3 is 1. The largest absolute Gasteiger partial charge is 0.465 e. The van der Waals surface area contributed by atoms with Crippen LogP contribution >= 0.6 is 0 Å². The van der Waals surface area contributed by atoms with E-state index in [-0.39, 0.29) is 25.4 Å². The third kappa shape index (κ3) is 6.51. The van der Waals surface area contributed by atoms with Gasteiger partial charge in [-0.3, -0.25) is 9.69 Å². The Morgan fingerprint density at radius 1 is 1.11 bits per heavy atom. The Morgan fingerprint density at radius 3 is 2.34 bits per heavy atom. The molecule has 3 rings (SSSR count). The zero-order valence-electron chi connectivity index (χ0n) is 20.2. The average molecular weight is 480 g/mol. The van der Waals surface area contributed by atoms with Crippen LogP contribution in [0.5, 0.6) is 0 Å². The van der Waals surface area contributed by atoms with Crippen LogP contribution in [0, 0.1) is 0 Å². The minimum atomic E-state index is -0.885. The summed E-state index contributed by atoms with van der Waals surface area (Å²) in [5.41, 5.74) is 9.95. The number of rotatable bonds is 6. The molecule has 1 fully saturated rings. The van der Waals surface area contributed by atoms with Crippen LogP contribution in [-0.2, 0) is 20.8 Å². The molecule has 0 aromatic heterocycles. The summed E-state index contributed by atoms with van der Waals surface area (Å²) in [4.78, 5) is 44.4. The number of ether oxygens (including phenoxy) is 2. The number of hydrogen-bond donors (Lipinski definition) is 0. The van der Waals surface area contributed by atoms with Crippen molar-refractivity contribution >= 4 is 23.7 Å². The number of azide groups is 1. The summed E-state index contributed by atoms with van der Waals surface area (Å²) in [5.74, 6) is -0.831. The number of benzene rings is 2. The first-order chi connectivity index (χ1) is 16.6. The molecule has 0 radical (unpaired) electrons. The molecule has 2 atom stereocenters. The van der Waals surface area contributed by atoms with E-state index in [0.717, 1.165) is 5.56 Å². The van der Waals surface area contributed by atoms with Gasteiger partial charge in [0.25, 0.3) is 0 Å². The number of carbonyl (C=O) groups is 3. The molecular formula is C25H29N5O5. The summed E-state index contributed by atoms with van der Waals surface area (Å²) in [5, 5.41) is 3.75. The van der Waals surface area contributed by atoms with E-state index in [1.165, 1.54) is 12.0 Å². The summed E-state index contributed by atoms with van der Waals surface area (Å²) in [7, 11) is 1.30. The molecule has 0 aliphatic carbocycles. The highest BCUT2D eigenvalue weighted by Crippen LogP contribution is 2.28. The summed E-state index contributed by atoms with van der Waals surface area (Å²) in [6.07, 6.45) is -0.472. The molecule has 1 heterocycles. The maximum atomic E-state index is 13.9. The van der Waals surface area contributed by atoms with E-state index in [0.29, 0.717) is 11.3 Å². The minimum absolute atomic E-state index is 0.0792. The lowest BCUT2D eigenvalue weighted by atomic mass is 10.1. The van der Waals surface area contributed by atoms with Gasteiger partial charge in [-0.2, -0.15) is 0 Å². The minimum Gasteiger partial charge on any atom is -0.465 e. The number of carbonyl (C=O) groups excluding carboxylic acids is 3. The number of likely N-dealkylation sites (tertiary alicyclic amines) is 1. The smallest absolute Gasteiger partial charge is 0.410 e. The fourth-order valence-electron chi connectivity index (χ4n) is 3.86. The molecule has 35 heavy (non-hydrogen) atoms. The van der Waals surface area contributed by atoms with E-state index in [1.54, 1.807) is 49.9 Å². The van der Waals surface area contributed by atoms with Gasteiger partial charge in [0.15, 0.2) is 0 Å². The van der Waals surface area contributed by atoms with Crippen molar-refractivity contribution < 1.29 is 23.9 Å². The molecule has 0 spiro atoms. The van der Waals surface area contributed by atoms with Crippen molar-refractivity contribution in [3.05, 3.63) is 76.2 Å². The van der Waals surface area contributed by atoms with Gasteiger partial charge in [0, 0.05) is 17.1 Å². The van der Waals surface area contributed by atoms with Crippen LogP contribution in [-0.4, -0.2) is 54.2 Å². The van der Waals surface area contributed by atoms with Crippen molar-refractivity contribution in [2.45, 2.75) is 51.4 Å². The maximum absolute atomic E-state index is 13.9. The second-order valence-electron chi connectivity index (χ2n) is 9.19. The number of amides is 2. The van der Waals surface area contributed by atoms with E-state index in [2.05, 4.69) is 10.0 Å². The first-order valence-electron chi connectivity index (χ1n) is 11.2. The normalized spacial score (nSPS) is 17.3. The molecule has 184 valence electrons. The van der Waals surface area contributed by atoms with Crippen molar-refractivity contribution in [2.24, 2.45) is 5.11 Å². The molecule has 2 aromatic rings. The van der Waals surface area contributed by atoms with Crippen molar-refractivity contribution in [3.8, 4) is 0 Å². The van der Waals surface area contributed by atoms with E-state index < -0.39 is 29.7 Å². The molecule has 2 aromatic carbocycles. The lowest BCUT2D eigenvalue weighted by Gasteiger charge is -2.32. The van der Waals surface area contributed by atoms with Crippen LogP contribution in [0.4, 0.5) is 10.5 Å². The van der Waals surface area contributed by atoms with Crippen molar-refractivity contribution in [3.63, 3.8) is 0 Å². The van der Waals surface area contributed by atoms with Gasteiger partial charge in [-0.1, -0.05) is 35.4 Å². The van der Waals surface area contributed by atoms with Crippen LogP contribution in [0.3, 0.4) is 0 Å². The Hall–Kier alpha value is -4.04. The monoisotopic (exact) mass is 479 g/mol. The fraction of sp³-hybridized carbons (Fsp3) is 0.400. The third-order valence-electron chi connectivity index (χ3n) is 5.46. The molecule has 1 aliphatic rings. The Balaban J connectivity index is 1.97. The SMILES string of the molecule is COC(=O)c1ccc(N(Cc2ccccc2)C(=O)[C@@H]2C[C@@H](N=[N+]=[N-])CN2C(=O)OC(C)(C)C)cc1. The van der Waals surface area contributed by atoms with Gasteiger partial charge < -0.3 is 14.4 Å². The first-order valence-corrected chi connectivity index (χ1v) is 11.2. The van der Waals surface area contributed by atoms with E-state index in [9.17, 15) is 14.4 Å². The standard InChI is InChI=1S/C25H29N5O5/c1-25(2,3)35-24(33)30-16-19(27-28-26)14-21(30)22(31)29(15-17-8-6-5-7-9-17)20-12-10-18(11-13-20)23(32)34-4/h5-13,19,21H,14-16H2,1-4H3/t19-,21+/m1/s1. The van der Waals surface area contributed by atoms with Crippen LogP contribution < -0.4 is 4.90 Å². The zero-order valence-corrected chi connectivity index (χ0v) is 20.2. The highest BCUT2D eigenvalue weighted by Gasteiger charge is 2.43. The summed E-state index contributed by atoms with van der Waals surface area (Å²) in [6.45, 7) is 5.55. The Kier molecular flexibility index (Phi) is 7.98. The Morgan fingerprint density at radius 2 is 1.77 bits per heavy atom. The average Bonchev–Trinajstić information content (AvgIpc) is 3.26. The van der Waals surface area contributed by atoms with E-state index in [1.807, 2.05) is 30.3 Å². The predicted molar refractivity (Wildman–Crippen MR) is 130 cm³/mol. The molecule has 2 amide bonds. The number of hydrogen-bond acceptors (Lipinski definition) is 6. The van der Waals surface area contributed by atoms with Crippen LogP contribution in [0.2, 0.25) is 0 Å². The molecule has 10 nitrogen and oxygen atoms in total. The molecule has 0 bridgehead atoms. The molecular weight excluding hydrogens is 450 g/mol. The van der Waals surface area contributed by atoms with Crippen molar-refractivity contribution in [1.29, 1.82) is 0 Å². The van der Waals surface area contributed by atoms with Gasteiger partial charge in [-0.15, -0.1) is 0 Å². The highest BCUT2D eigenvalue weighted by atomic mass is 16.6. The van der Waals surface area contributed by atoms with Gasteiger partial charge in [0.05, 0.1) is 25.3 Å². The summed E-state index contributed by atoms with van der Waals surface area (Å²) in [6, 6.07) is 14.5.